The van der Waals surface area contributed by atoms with Gasteiger partial charge in [-0.2, -0.15) is 0 Å². The zero-order valence-electron chi connectivity index (χ0n) is 13.0. The van der Waals surface area contributed by atoms with E-state index in [4.69, 9.17) is 9.84 Å². The van der Waals surface area contributed by atoms with Gasteiger partial charge in [0, 0.05) is 19.4 Å². The Hall–Kier alpha value is -1.97. The van der Waals surface area contributed by atoms with E-state index in [1.165, 1.54) is 19.2 Å². The van der Waals surface area contributed by atoms with Crippen molar-refractivity contribution in [3.8, 4) is 0 Å². The van der Waals surface area contributed by atoms with Gasteiger partial charge < -0.3 is 15.2 Å². The Kier molecular flexibility index (Phi) is 7.14. The van der Waals surface area contributed by atoms with Crippen LogP contribution in [-0.4, -0.2) is 51.4 Å². The molecule has 0 aliphatic heterocycles. The quantitative estimate of drug-likeness (QED) is 0.564. The number of nitrogens with one attached hydrogen (secondary N) is 2. The minimum absolute atomic E-state index is 0.0334. The molecule has 0 bridgehead atoms. The van der Waals surface area contributed by atoms with E-state index in [0.717, 1.165) is 0 Å². The van der Waals surface area contributed by atoms with Crippen molar-refractivity contribution in [2.24, 2.45) is 0 Å². The molecule has 23 heavy (non-hydrogen) atoms. The van der Waals surface area contributed by atoms with Crippen LogP contribution in [0.4, 0.5) is 5.69 Å². The summed E-state index contributed by atoms with van der Waals surface area (Å²) in [5, 5.41) is 11.4. The third-order valence-electron chi connectivity index (χ3n) is 2.97. The van der Waals surface area contributed by atoms with E-state index in [2.05, 4.69) is 10.0 Å². The molecular formula is C14H20N2O6S. The molecule has 0 aliphatic carbocycles. The van der Waals surface area contributed by atoms with Crippen LogP contribution in [-0.2, 0) is 19.6 Å². The van der Waals surface area contributed by atoms with Gasteiger partial charge in [-0.1, -0.05) is 6.07 Å². The SMILES string of the molecule is COCCCS(=O)(=O)NCC(=O)Nc1cc(C(=O)O)ccc1C. The summed E-state index contributed by atoms with van der Waals surface area (Å²) in [4.78, 5) is 22.7. The average Bonchev–Trinajstić information content (AvgIpc) is 2.47. The van der Waals surface area contributed by atoms with Crippen molar-refractivity contribution in [3.05, 3.63) is 29.3 Å². The number of hydrogen-bond donors (Lipinski definition) is 3. The molecule has 1 amide bonds. The number of hydrogen-bond acceptors (Lipinski definition) is 5. The highest BCUT2D eigenvalue weighted by Crippen LogP contribution is 2.16. The lowest BCUT2D eigenvalue weighted by atomic mass is 10.1. The number of carbonyl (C=O) groups excluding carboxylic acids is 1. The monoisotopic (exact) mass is 344 g/mol. The molecule has 1 rings (SSSR count). The van der Waals surface area contributed by atoms with Crippen LogP contribution >= 0.6 is 0 Å². The van der Waals surface area contributed by atoms with E-state index >= 15 is 0 Å². The maximum atomic E-state index is 11.8. The number of aryl methyl sites for hydroxylation is 1. The normalized spacial score (nSPS) is 11.2. The molecular weight excluding hydrogens is 324 g/mol. The number of sulfonamides is 1. The molecule has 0 unspecified atom stereocenters. The predicted octanol–water partition coefficient (Wildman–Crippen LogP) is 0.588. The topological polar surface area (TPSA) is 122 Å². The van der Waals surface area contributed by atoms with Gasteiger partial charge in [0.15, 0.2) is 0 Å². The summed E-state index contributed by atoms with van der Waals surface area (Å²) in [6, 6.07) is 4.31. The Labute approximate surface area is 134 Å². The molecule has 3 N–H and O–H groups in total. The number of amides is 1. The third kappa shape index (κ3) is 6.76. The Bertz CT molecular complexity index is 672. The number of carboxylic acids is 1. The van der Waals surface area contributed by atoms with Gasteiger partial charge in [0.25, 0.3) is 0 Å². The number of ether oxygens (including phenoxy) is 1. The van der Waals surface area contributed by atoms with Crippen molar-refractivity contribution >= 4 is 27.6 Å². The van der Waals surface area contributed by atoms with Gasteiger partial charge in [-0.3, -0.25) is 4.79 Å². The van der Waals surface area contributed by atoms with Gasteiger partial charge in [-0.25, -0.2) is 17.9 Å². The van der Waals surface area contributed by atoms with Gasteiger partial charge in [-0.05, 0) is 31.0 Å². The summed E-state index contributed by atoms with van der Waals surface area (Å²) >= 11 is 0. The van der Waals surface area contributed by atoms with Crippen molar-refractivity contribution in [1.29, 1.82) is 0 Å². The molecule has 0 heterocycles. The second-order valence-corrected chi connectivity index (χ2v) is 6.80. The summed E-state index contributed by atoms with van der Waals surface area (Å²) in [5.74, 6) is -1.83. The highest BCUT2D eigenvalue weighted by Gasteiger charge is 2.13. The summed E-state index contributed by atoms with van der Waals surface area (Å²) in [5.41, 5.74) is 1.03. The molecule has 0 saturated heterocycles. The highest BCUT2D eigenvalue weighted by molar-refractivity contribution is 7.89. The summed E-state index contributed by atoms with van der Waals surface area (Å²) in [6.45, 7) is 1.59. The number of aromatic carboxylic acids is 1. The maximum Gasteiger partial charge on any atom is 0.335 e. The van der Waals surface area contributed by atoms with Crippen LogP contribution < -0.4 is 10.0 Å². The Balaban J connectivity index is 2.60. The Morgan fingerprint density at radius 3 is 2.61 bits per heavy atom. The molecule has 0 aromatic heterocycles. The fraction of sp³-hybridized carbons (Fsp3) is 0.429. The van der Waals surface area contributed by atoms with Crippen LogP contribution in [0.25, 0.3) is 0 Å². The Morgan fingerprint density at radius 1 is 1.30 bits per heavy atom. The molecule has 0 atom stereocenters. The number of carboxylic acid groups (broad SMARTS) is 1. The first-order chi connectivity index (χ1) is 10.7. The van der Waals surface area contributed by atoms with Crippen LogP contribution in [0, 0.1) is 6.92 Å². The number of rotatable bonds is 9. The zero-order valence-corrected chi connectivity index (χ0v) is 13.8. The van der Waals surface area contributed by atoms with E-state index in [1.54, 1.807) is 13.0 Å². The fourth-order valence-electron chi connectivity index (χ4n) is 1.73. The van der Waals surface area contributed by atoms with E-state index in [9.17, 15) is 18.0 Å². The largest absolute Gasteiger partial charge is 0.478 e. The first-order valence-electron chi connectivity index (χ1n) is 6.85. The van der Waals surface area contributed by atoms with Gasteiger partial charge in [0.05, 0.1) is 17.9 Å². The first-order valence-corrected chi connectivity index (χ1v) is 8.50. The number of anilines is 1. The Morgan fingerprint density at radius 2 is 2.00 bits per heavy atom. The van der Waals surface area contributed by atoms with Gasteiger partial charge in [0.1, 0.15) is 0 Å². The van der Waals surface area contributed by atoms with Crippen molar-refractivity contribution in [1.82, 2.24) is 4.72 Å². The molecule has 0 saturated carbocycles. The van der Waals surface area contributed by atoms with E-state index < -0.39 is 28.4 Å². The highest BCUT2D eigenvalue weighted by atomic mass is 32.2. The third-order valence-corrected chi connectivity index (χ3v) is 4.38. The van der Waals surface area contributed by atoms with E-state index in [1.807, 2.05) is 0 Å². The lowest BCUT2D eigenvalue weighted by Gasteiger charge is -2.10. The summed E-state index contributed by atoms with van der Waals surface area (Å²) in [6.07, 6.45) is 0.327. The van der Waals surface area contributed by atoms with Gasteiger partial charge in [0.2, 0.25) is 15.9 Å². The molecule has 9 heteroatoms. The smallest absolute Gasteiger partial charge is 0.335 e. The van der Waals surface area contributed by atoms with Crippen LogP contribution in [0.3, 0.4) is 0 Å². The number of benzene rings is 1. The van der Waals surface area contributed by atoms with Gasteiger partial charge in [-0.15, -0.1) is 0 Å². The first kappa shape index (κ1) is 19.1. The molecule has 0 spiro atoms. The minimum atomic E-state index is -3.56. The lowest BCUT2D eigenvalue weighted by Crippen LogP contribution is -2.34. The van der Waals surface area contributed by atoms with Crippen molar-refractivity contribution in [2.75, 3.05) is 31.3 Å². The molecule has 1 aromatic carbocycles. The lowest BCUT2D eigenvalue weighted by molar-refractivity contribution is -0.115. The molecule has 1 aromatic rings. The number of methoxy groups -OCH3 is 1. The van der Waals surface area contributed by atoms with Crippen molar-refractivity contribution < 1.29 is 27.9 Å². The predicted molar refractivity (Wildman–Crippen MR) is 85.1 cm³/mol. The van der Waals surface area contributed by atoms with Crippen LogP contribution in [0.1, 0.15) is 22.3 Å². The molecule has 128 valence electrons. The summed E-state index contributed by atoms with van der Waals surface area (Å²) < 4.78 is 30.2. The average molecular weight is 344 g/mol. The van der Waals surface area contributed by atoms with Crippen LogP contribution in [0.15, 0.2) is 18.2 Å². The standard InChI is InChI=1S/C14H20N2O6S/c1-10-4-5-11(14(18)19)8-12(10)16-13(17)9-15-23(20,21)7-3-6-22-2/h4-5,8,15H,3,6-7,9H2,1-2H3,(H,16,17)(H,18,19). The van der Waals surface area contributed by atoms with E-state index in [0.29, 0.717) is 24.3 Å². The van der Waals surface area contributed by atoms with Crippen LogP contribution in [0.2, 0.25) is 0 Å². The summed E-state index contributed by atoms with van der Waals surface area (Å²) in [7, 11) is -2.08. The molecule has 0 radical (unpaired) electrons. The maximum absolute atomic E-state index is 11.8. The zero-order chi connectivity index (χ0) is 17.5. The molecule has 0 aliphatic rings. The van der Waals surface area contributed by atoms with E-state index in [-0.39, 0.29) is 11.3 Å². The number of carbonyl (C=O) groups is 2. The van der Waals surface area contributed by atoms with Gasteiger partial charge >= 0.3 is 5.97 Å². The van der Waals surface area contributed by atoms with Crippen LogP contribution in [0.5, 0.6) is 0 Å². The molecule has 0 fully saturated rings. The molecule has 8 nitrogen and oxygen atoms in total. The fourth-order valence-corrected chi connectivity index (χ4v) is 2.72. The second-order valence-electron chi connectivity index (χ2n) is 4.87. The van der Waals surface area contributed by atoms with Crippen molar-refractivity contribution in [3.63, 3.8) is 0 Å². The van der Waals surface area contributed by atoms with Crippen molar-refractivity contribution in [2.45, 2.75) is 13.3 Å². The second kappa shape index (κ2) is 8.61. The minimum Gasteiger partial charge on any atom is -0.478 e.